The van der Waals surface area contributed by atoms with E-state index in [-0.39, 0.29) is 18.5 Å². The molecule has 0 radical (unpaired) electrons. The Bertz CT molecular complexity index is 1160. The Morgan fingerprint density at radius 2 is 0.803 bits per heavy atom. The monoisotopic (exact) mass is 924 g/mol. The first kappa shape index (κ1) is 63.6. The zero-order chi connectivity index (χ0) is 47.9. The number of carbonyl (C=O) groups is 2. The van der Waals surface area contributed by atoms with Gasteiger partial charge in [-0.3, -0.25) is 9.59 Å². The second-order valence-electron chi connectivity index (χ2n) is 19.3. The summed E-state index contributed by atoms with van der Waals surface area (Å²) in [5.74, 6) is -0.102. The number of hydrogen-bond donors (Lipinski definition) is 3. The first-order valence-electron chi connectivity index (χ1n) is 28.6. The summed E-state index contributed by atoms with van der Waals surface area (Å²) >= 11 is 0. The van der Waals surface area contributed by atoms with Crippen LogP contribution in [0.4, 0.5) is 0 Å². The van der Waals surface area contributed by atoms with Crippen molar-refractivity contribution in [1.29, 1.82) is 0 Å². The molecular weight excluding hydrogens is 815 g/mol. The number of ether oxygens (including phenoxy) is 1. The van der Waals surface area contributed by atoms with Crippen LogP contribution < -0.4 is 5.32 Å². The molecule has 2 unspecified atom stereocenters. The van der Waals surface area contributed by atoms with E-state index in [1.807, 2.05) is 6.08 Å². The third-order valence-electron chi connectivity index (χ3n) is 12.8. The van der Waals surface area contributed by atoms with E-state index in [4.69, 9.17) is 4.74 Å². The van der Waals surface area contributed by atoms with E-state index in [0.29, 0.717) is 19.4 Å². The van der Waals surface area contributed by atoms with E-state index in [1.165, 1.54) is 173 Å². The molecule has 3 N–H and O–H groups in total. The van der Waals surface area contributed by atoms with Gasteiger partial charge in [-0.2, -0.15) is 0 Å². The Hall–Kier alpha value is -2.44. The summed E-state index contributed by atoms with van der Waals surface area (Å²) in [6.45, 7) is 4.83. The smallest absolute Gasteiger partial charge is 0.305 e. The van der Waals surface area contributed by atoms with Crippen LogP contribution >= 0.6 is 0 Å². The third-order valence-corrected chi connectivity index (χ3v) is 12.8. The molecule has 0 aliphatic carbocycles. The van der Waals surface area contributed by atoms with Crippen molar-refractivity contribution < 1.29 is 24.5 Å². The van der Waals surface area contributed by atoms with Gasteiger partial charge in [0.05, 0.1) is 25.4 Å². The number of amides is 1. The highest BCUT2D eigenvalue weighted by atomic mass is 16.5. The summed E-state index contributed by atoms with van der Waals surface area (Å²) < 4.78 is 5.46. The lowest BCUT2D eigenvalue weighted by Gasteiger charge is -2.20. The molecule has 0 aromatic rings. The van der Waals surface area contributed by atoms with Crippen LogP contribution in [0.3, 0.4) is 0 Å². The van der Waals surface area contributed by atoms with Gasteiger partial charge >= 0.3 is 5.97 Å². The van der Waals surface area contributed by atoms with Gasteiger partial charge in [0.15, 0.2) is 0 Å². The van der Waals surface area contributed by atoms with E-state index >= 15 is 0 Å². The third kappa shape index (κ3) is 51.0. The number of aliphatic hydroxyl groups is 2. The predicted molar refractivity (Wildman–Crippen MR) is 287 cm³/mol. The number of rotatable bonds is 52. The number of nitrogens with one attached hydrogen (secondary N) is 1. The summed E-state index contributed by atoms with van der Waals surface area (Å²) in [6.07, 6.45) is 71.0. The van der Waals surface area contributed by atoms with Gasteiger partial charge in [-0.1, -0.05) is 235 Å². The molecule has 0 heterocycles. The van der Waals surface area contributed by atoms with E-state index in [0.717, 1.165) is 83.5 Å². The number of aliphatic hydroxyl groups excluding tert-OH is 2. The Balaban J connectivity index is 3.50. The van der Waals surface area contributed by atoms with Crippen LogP contribution in [0, 0.1) is 0 Å². The molecule has 6 nitrogen and oxygen atoms in total. The molecular formula is C60H109NO5. The standard InChI is InChI=1S/C60H109NO5/c1-3-5-7-9-11-13-15-17-18-19-24-27-30-34-38-42-46-50-54-60(65)66-55-51-47-43-39-35-31-28-25-22-20-21-23-26-29-33-37-41-45-49-53-59(64)61-57(56-62)58(63)52-48-44-40-36-32-16-14-12-10-8-6-4-2/h13,15,18-19,25,28,31,35,48,52,57-58,62-63H,3-12,14,16-17,20-24,26-27,29-30,32-34,36-47,49-51,53-56H2,1-2H3,(H,61,64)/b15-13-,19-18-,28-25-,35-31-,52-48+. The molecule has 0 aromatic carbocycles. The van der Waals surface area contributed by atoms with Gasteiger partial charge in [0.2, 0.25) is 5.91 Å². The average Bonchev–Trinajstić information content (AvgIpc) is 3.32. The number of unbranched alkanes of at least 4 members (excludes halogenated alkanes) is 34. The van der Waals surface area contributed by atoms with Crippen molar-refractivity contribution in [1.82, 2.24) is 5.32 Å². The number of hydrogen-bond acceptors (Lipinski definition) is 5. The molecule has 66 heavy (non-hydrogen) atoms. The van der Waals surface area contributed by atoms with Crippen LogP contribution in [0.15, 0.2) is 60.8 Å². The highest BCUT2D eigenvalue weighted by Gasteiger charge is 2.18. The van der Waals surface area contributed by atoms with Crippen molar-refractivity contribution >= 4 is 11.9 Å². The molecule has 0 aliphatic heterocycles. The summed E-state index contributed by atoms with van der Waals surface area (Å²) in [5, 5.41) is 23.0. The molecule has 0 rings (SSSR count). The molecule has 0 spiro atoms. The maximum Gasteiger partial charge on any atom is 0.305 e. The Kier molecular flexibility index (Phi) is 53.1. The second kappa shape index (κ2) is 55.2. The van der Waals surface area contributed by atoms with Crippen LogP contribution in [-0.2, 0) is 14.3 Å². The second-order valence-corrected chi connectivity index (χ2v) is 19.3. The fraction of sp³-hybridized carbons (Fsp3) is 0.800. The normalized spacial score (nSPS) is 13.1. The van der Waals surface area contributed by atoms with Crippen LogP contribution in [-0.4, -0.2) is 47.4 Å². The van der Waals surface area contributed by atoms with E-state index in [9.17, 15) is 19.8 Å². The van der Waals surface area contributed by atoms with E-state index in [1.54, 1.807) is 6.08 Å². The zero-order valence-electron chi connectivity index (χ0n) is 43.7. The van der Waals surface area contributed by atoms with Crippen LogP contribution in [0.2, 0.25) is 0 Å². The minimum atomic E-state index is -0.851. The molecule has 0 bridgehead atoms. The Labute approximate surface area is 409 Å². The molecule has 0 aromatic heterocycles. The van der Waals surface area contributed by atoms with Crippen LogP contribution in [0.5, 0.6) is 0 Å². The minimum Gasteiger partial charge on any atom is -0.466 e. The number of esters is 1. The van der Waals surface area contributed by atoms with Crippen molar-refractivity contribution in [3.8, 4) is 0 Å². The summed E-state index contributed by atoms with van der Waals surface area (Å²) in [6, 6.07) is -0.636. The maximum atomic E-state index is 12.4. The molecule has 6 heteroatoms. The topological polar surface area (TPSA) is 95.9 Å². The highest BCUT2D eigenvalue weighted by Crippen LogP contribution is 2.15. The van der Waals surface area contributed by atoms with Crippen molar-refractivity contribution in [3.63, 3.8) is 0 Å². The number of allylic oxidation sites excluding steroid dienone is 9. The van der Waals surface area contributed by atoms with Gasteiger partial charge < -0.3 is 20.3 Å². The van der Waals surface area contributed by atoms with Gasteiger partial charge in [-0.05, 0) is 96.3 Å². The van der Waals surface area contributed by atoms with Crippen molar-refractivity contribution in [2.24, 2.45) is 0 Å². The van der Waals surface area contributed by atoms with Crippen molar-refractivity contribution in [2.75, 3.05) is 13.2 Å². The largest absolute Gasteiger partial charge is 0.466 e. The molecule has 0 fully saturated rings. The van der Waals surface area contributed by atoms with Gasteiger partial charge in [0.25, 0.3) is 0 Å². The lowest BCUT2D eigenvalue weighted by atomic mass is 10.0. The minimum absolute atomic E-state index is 0.0224. The van der Waals surface area contributed by atoms with Crippen LogP contribution in [0.25, 0.3) is 0 Å². The van der Waals surface area contributed by atoms with E-state index < -0.39 is 12.1 Å². The molecule has 0 saturated heterocycles. The lowest BCUT2D eigenvalue weighted by Crippen LogP contribution is -2.45. The SMILES string of the molecule is CCCCCC/C=C\C/C=C\CCCCCCCCCC(=O)OCCCCC/C=C\C=C/CCCCCCCCCCCCC(=O)NC(CO)C(O)/C=C/CCCCCCCCCCCC. The fourth-order valence-corrected chi connectivity index (χ4v) is 8.36. The Morgan fingerprint density at radius 3 is 1.26 bits per heavy atom. The summed E-state index contributed by atoms with van der Waals surface area (Å²) in [7, 11) is 0. The van der Waals surface area contributed by atoms with Gasteiger partial charge in [-0.25, -0.2) is 0 Å². The molecule has 384 valence electrons. The fourth-order valence-electron chi connectivity index (χ4n) is 8.36. The molecule has 2 atom stereocenters. The first-order valence-corrected chi connectivity index (χ1v) is 28.6. The van der Waals surface area contributed by atoms with Crippen molar-refractivity contribution in [3.05, 3.63) is 60.8 Å². The van der Waals surface area contributed by atoms with Gasteiger partial charge in [0, 0.05) is 12.8 Å². The molecule has 0 aliphatic rings. The maximum absolute atomic E-state index is 12.4. The van der Waals surface area contributed by atoms with Crippen LogP contribution in [0.1, 0.15) is 284 Å². The van der Waals surface area contributed by atoms with Gasteiger partial charge in [0.1, 0.15) is 0 Å². The summed E-state index contributed by atoms with van der Waals surface area (Å²) in [5.41, 5.74) is 0. The predicted octanol–water partition coefficient (Wildman–Crippen LogP) is 17.6. The number of carbonyl (C=O) groups excluding carboxylic acids is 2. The van der Waals surface area contributed by atoms with Gasteiger partial charge in [-0.15, -0.1) is 0 Å². The van der Waals surface area contributed by atoms with Crippen molar-refractivity contribution in [2.45, 2.75) is 296 Å². The highest BCUT2D eigenvalue weighted by molar-refractivity contribution is 5.76. The first-order chi connectivity index (χ1) is 32.5. The lowest BCUT2D eigenvalue weighted by molar-refractivity contribution is -0.143. The van der Waals surface area contributed by atoms with E-state index in [2.05, 4.69) is 67.8 Å². The molecule has 0 saturated carbocycles. The molecule has 1 amide bonds. The quantitative estimate of drug-likeness (QED) is 0.0244. The average molecular weight is 925 g/mol. The summed E-state index contributed by atoms with van der Waals surface area (Å²) in [4.78, 5) is 24.5. The zero-order valence-corrected chi connectivity index (χ0v) is 43.7. The Morgan fingerprint density at radius 1 is 0.439 bits per heavy atom.